The van der Waals surface area contributed by atoms with Gasteiger partial charge >= 0.3 is 0 Å². The molecular weight excluding hydrogens is 206 g/mol. The first kappa shape index (κ1) is 12.7. The van der Waals surface area contributed by atoms with E-state index in [1.165, 1.54) is 10.4 Å². The van der Waals surface area contributed by atoms with E-state index in [1.807, 2.05) is 0 Å². The quantitative estimate of drug-likeness (QED) is 0.861. The second kappa shape index (κ2) is 4.64. The number of hydrogen-bond acceptors (Lipinski definition) is 3. The third-order valence-corrected chi connectivity index (χ3v) is 3.76. The van der Waals surface area contributed by atoms with Gasteiger partial charge in [-0.2, -0.15) is 0 Å². The van der Waals surface area contributed by atoms with Crippen LogP contribution in [0.15, 0.2) is 11.4 Å². The fourth-order valence-electron chi connectivity index (χ4n) is 1.90. The first-order valence-corrected chi connectivity index (χ1v) is 6.08. The Bertz CT molecular complexity index is 314. The van der Waals surface area contributed by atoms with Crippen LogP contribution in [0.5, 0.6) is 0 Å². The Morgan fingerprint density at radius 1 is 1.40 bits per heavy atom. The summed E-state index contributed by atoms with van der Waals surface area (Å²) < 4.78 is 5.54. The van der Waals surface area contributed by atoms with Gasteiger partial charge in [-0.3, -0.25) is 0 Å². The predicted molar refractivity (Wildman–Crippen MR) is 66.2 cm³/mol. The van der Waals surface area contributed by atoms with Gasteiger partial charge in [-0.25, -0.2) is 0 Å². The van der Waals surface area contributed by atoms with E-state index in [-0.39, 0.29) is 17.6 Å². The van der Waals surface area contributed by atoms with Crippen molar-refractivity contribution in [3.63, 3.8) is 0 Å². The normalized spacial score (nSPS) is 16.4. The molecule has 3 heteroatoms. The number of rotatable bonds is 3. The molecule has 0 saturated carbocycles. The standard InChI is InChI=1S/C12H21NOS/c1-8-6-7-15-10(8)9(13)11(14-5)12(2,3)4/h6-7,9,11H,13H2,1-5H3. The van der Waals surface area contributed by atoms with Crippen LogP contribution >= 0.6 is 11.3 Å². The molecule has 1 rings (SSSR count). The summed E-state index contributed by atoms with van der Waals surface area (Å²) in [6.45, 7) is 8.57. The molecule has 0 spiro atoms. The Kier molecular flexibility index (Phi) is 3.93. The van der Waals surface area contributed by atoms with Gasteiger partial charge in [0.05, 0.1) is 12.1 Å². The summed E-state index contributed by atoms with van der Waals surface area (Å²) >= 11 is 1.71. The van der Waals surface area contributed by atoms with Crippen molar-refractivity contribution in [2.45, 2.75) is 39.8 Å². The topological polar surface area (TPSA) is 35.2 Å². The van der Waals surface area contributed by atoms with Crippen molar-refractivity contribution in [3.8, 4) is 0 Å². The van der Waals surface area contributed by atoms with Crippen molar-refractivity contribution < 1.29 is 4.74 Å². The highest BCUT2D eigenvalue weighted by Gasteiger charge is 2.32. The van der Waals surface area contributed by atoms with Crippen molar-refractivity contribution in [2.24, 2.45) is 11.1 Å². The number of aryl methyl sites for hydroxylation is 1. The molecule has 0 amide bonds. The van der Waals surface area contributed by atoms with Crippen LogP contribution in [0.4, 0.5) is 0 Å². The molecule has 86 valence electrons. The van der Waals surface area contributed by atoms with E-state index in [0.717, 1.165) is 0 Å². The van der Waals surface area contributed by atoms with Crippen molar-refractivity contribution in [1.29, 1.82) is 0 Å². The lowest BCUT2D eigenvalue weighted by molar-refractivity contribution is -0.00177. The van der Waals surface area contributed by atoms with E-state index >= 15 is 0 Å². The largest absolute Gasteiger partial charge is 0.379 e. The van der Waals surface area contributed by atoms with Crippen LogP contribution in [0, 0.1) is 12.3 Å². The van der Waals surface area contributed by atoms with E-state index in [2.05, 4.69) is 39.1 Å². The Hall–Kier alpha value is -0.380. The molecule has 1 aromatic heterocycles. The molecule has 1 aromatic rings. The number of nitrogens with two attached hydrogens (primary N) is 1. The van der Waals surface area contributed by atoms with Crippen LogP contribution < -0.4 is 5.73 Å². The number of methoxy groups -OCH3 is 1. The van der Waals surface area contributed by atoms with Gasteiger partial charge in [0.1, 0.15) is 0 Å². The molecular formula is C12H21NOS. The van der Waals surface area contributed by atoms with Crippen LogP contribution in [0.1, 0.15) is 37.3 Å². The van der Waals surface area contributed by atoms with Crippen LogP contribution in [-0.2, 0) is 4.74 Å². The molecule has 0 aromatic carbocycles. The Balaban J connectivity index is 2.92. The smallest absolute Gasteiger partial charge is 0.0820 e. The maximum atomic E-state index is 6.27. The van der Waals surface area contributed by atoms with E-state index in [9.17, 15) is 0 Å². The predicted octanol–water partition coefficient (Wildman–Crippen LogP) is 3.12. The highest BCUT2D eigenvalue weighted by atomic mass is 32.1. The van der Waals surface area contributed by atoms with Gasteiger partial charge in [0.2, 0.25) is 0 Å². The molecule has 0 aliphatic heterocycles. The molecule has 0 radical (unpaired) electrons. The van der Waals surface area contributed by atoms with Gasteiger partial charge in [-0.15, -0.1) is 11.3 Å². The van der Waals surface area contributed by atoms with Crippen LogP contribution in [0.3, 0.4) is 0 Å². The van der Waals surface area contributed by atoms with E-state index < -0.39 is 0 Å². The number of thiophene rings is 1. The Morgan fingerprint density at radius 3 is 2.33 bits per heavy atom. The van der Waals surface area contributed by atoms with Crippen LogP contribution in [0.2, 0.25) is 0 Å². The number of ether oxygens (including phenoxy) is 1. The minimum atomic E-state index is -0.0324. The summed E-state index contributed by atoms with van der Waals surface area (Å²) in [5.74, 6) is 0. The molecule has 2 N–H and O–H groups in total. The number of hydrogen-bond donors (Lipinski definition) is 1. The Labute approximate surface area is 96.4 Å². The minimum Gasteiger partial charge on any atom is -0.379 e. The molecule has 0 bridgehead atoms. The molecule has 0 aliphatic rings. The van der Waals surface area contributed by atoms with E-state index in [1.54, 1.807) is 18.4 Å². The first-order valence-electron chi connectivity index (χ1n) is 5.20. The zero-order chi connectivity index (χ0) is 11.6. The summed E-state index contributed by atoms with van der Waals surface area (Å²) in [5, 5.41) is 2.08. The van der Waals surface area contributed by atoms with Gasteiger partial charge in [-0.1, -0.05) is 20.8 Å². The molecule has 2 nitrogen and oxygen atoms in total. The summed E-state index contributed by atoms with van der Waals surface area (Å²) in [7, 11) is 1.73. The van der Waals surface area contributed by atoms with E-state index in [0.29, 0.717) is 0 Å². The van der Waals surface area contributed by atoms with Gasteiger partial charge in [-0.05, 0) is 29.3 Å². The second-order valence-corrected chi connectivity index (χ2v) is 5.96. The molecule has 1 heterocycles. The maximum absolute atomic E-state index is 6.27. The third kappa shape index (κ3) is 2.80. The first-order chi connectivity index (χ1) is 6.88. The van der Waals surface area contributed by atoms with Gasteiger partial charge < -0.3 is 10.5 Å². The molecule has 0 aliphatic carbocycles. The van der Waals surface area contributed by atoms with Crippen molar-refractivity contribution in [2.75, 3.05) is 7.11 Å². The average Bonchev–Trinajstić information content (AvgIpc) is 2.49. The van der Waals surface area contributed by atoms with Gasteiger partial charge in [0, 0.05) is 12.0 Å². The summed E-state index contributed by atoms with van der Waals surface area (Å²) in [5.41, 5.74) is 7.59. The van der Waals surface area contributed by atoms with Gasteiger partial charge in [0.25, 0.3) is 0 Å². The SMILES string of the molecule is COC(C(N)c1sccc1C)C(C)(C)C. The zero-order valence-electron chi connectivity index (χ0n) is 10.2. The fraction of sp³-hybridized carbons (Fsp3) is 0.667. The highest BCUT2D eigenvalue weighted by molar-refractivity contribution is 7.10. The van der Waals surface area contributed by atoms with Crippen LogP contribution in [0.25, 0.3) is 0 Å². The van der Waals surface area contributed by atoms with Crippen molar-refractivity contribution in [1.82, 2.24) is 0 Å². The van der Waals surface area contributed by atoms with Crippen molar-refractivity contribution >= 4 is 11.3 Å². The lowest BCUT2D eigenvalue weighted by Gasteiger charge is -2.33. The van der Waals surface area contributed by atoms with Crippen molar-refractivity contribution in [3.05, 3.63) is 21.9 Å². The summed E-state index contributed by atoms with van der Waals surface area (Å²) in [6, 6.07) is 2.07. The molecule has 15 heavy (non-hydrogen) atoms. The molecule has 0 saturated heterocycles. The highest BCUT2D eigenvalue weighted by Crippen LogP contribution is 2.34. The zero-order valence-corrected chi connectivity index (χ0v) is 11.0. The maximum Gasteiger partial charge on any atom is 0.0820 e. The van der Waals surface area contributed by atoms with Crippen LogP contribution in [-0.4, -0.2) is 13.2 Å². The average molecular weight is 227 g/mol. The lowest BCUT2D eigenvalue weighted by atomic mass is 9.84. The Morgan fingerprint density at radius 2 is 2.00 bits per heavy atom. The van der Waals surface area contributed by atoms with E-state index in [4.69, 9.17) is 10.5 Å². The monoisotopic (exact) mass is 227 g/mol. The summed E-state index contributed by atoms with van der Waals surface area (Å²) in [6.07, 6.45) is 0.0508. The molecule has 0 fully saturated rings. The molecule has 2 unspecified atom stereocenters. The van der Waals surface area contributed by atoms with Gasteiger partial charge in [0.15, 0.2) is 0 Å². The third-order valence-electron chi connectivity index (χ3n) is 2.64. The fourth-order valence-corrected chi connectivity index (χ4v) is 2.86. The second-order valence-electron chi connectivity index (χ2n) is 5.02. The molecule has 2 atom stereocenters. The minimum absolute atomic E-state index is 0.0324. The lowest BCUT2D eigenvalue weighted by Crippen LogP contribution is -2.38. The summed E-state index contributed by atoms with van der Waals surface area (Å²) in [4.78, 5) is 1.23.